The summed E-state index contributed by atoms with van der Waals surface area (Å²) in [5, 5.41) is 11.3. The Kier molecular flexibility index (Phi) is 3.77. The smallest absolute Gasteiger partial charge is 0.0621 e. The first-order valence-corrected chi connectivity index (χ1v) is 6.15. The average molecular weight is 223 g/mol. The monoisotopic (exact) mass is 223 g/mol. The molecule has 86 valence electrons. The van der Waals surface area contributed by atoms with Crippen LogP contribution in [0.5, 0.6) is 0 Å². The van der Waals surface area contributed by atoms with Crippen molar-refractivity contribution in [2.45, 2.75) is 26.2 Å². The maximum atomic E-state index is 8.60. The summed E-state index contributed by atoms with van der Waals surface area (Å²) in [6.07, 6.45) is 2.70. The van der Waals surface area contributed by atoms with Crippen LogP contribution in [0.1, 0.15) is 25.3 Å². The molecule has 0 aliphatic rings. The molecule has 0 heterocycles. The largest absolute Gasteiger partial charge is 0.198 e. The Bertz CT molecular complexity index is 531. The van der Waals surface area contributed by atoms with E-state index in [2.05, 4.69) is 55.5 Å². The van der Waals surface area contributed by atoms with Gasteiger partial charge in [0.1, 0.15) is 0 Å². The first kappa shape index (κ1) is 11.7. The van der Waals surface area contributed by atoms with E-state index in [0.29, 0.717) is 12.3 Å². The van der Waals surface area contributed by atoms with Crippen LogP contribution in [0.2, 0.25) is 0 Å². The third kappa shape index (κ3) is 2.85. The van der Waals surface area contributed by atoms with E-state index in [0.717, 1.165) is 12.8 Å². The first-order valence-electron chi connectivity index (χ1n) is 6.15. The molecule has 2 aromatic carbocycles. The van der Waals surface area contributed by atoms with E-state index in [1.54, 1.807) is 0 Å². The number of hydrogen-bond acceptors (Lipinski definition) is 1. The highest BCUT2D eigenvalue weighted by molar-refractivity contribution is 5.85. The highest BCUT2D eigenvalue weighted by atomic mass is 14.2. The summed E-state index contributed by atoms with van der Waals surface area (Å²) in [7, 11) is 0. The maximum absolute atomic E-state index is 8.60. The molecule has 0 bridgehead atoms. The van der Waals surface area contributed by atoms with Gasteiger partial charge in [0, 0.05) is 6.42 Å². The van der Waals surface area contributed by atoms with Gasteiger partial charge in [0.25, 0.3) is 0 Å². The summed E-state index contributed by atoms with van der Waals surface area (Å²) in [6, 6.07) is 17.2. The van der Waals surface area contributed by atoms with E-state index in [1.807, 2.05) is 0 Å². The molecule has 2 rings (SSSR count). The molecule has 0 saturated heterocycles. The topological polar surface area (TPSA) is 23.8 Å². The maximum Gasteiger partial charge on any atom is 0.0621 e. The zero-order valence-electron chi connectivity index (χ0n) is 10.2. The summed E-state index contributed by atoms with van der Waals surface area (Å²) < 4.78 is 0. The number of nitriles is 1. The lowest BCUT2D eigenvalue weighted by Gasteiger charge is -2.11. The van der Waals surface area contributed by atoms with E-state index in [4.69, 9.17) is 5.26 Å². The zero-order valence-corrected chi connectivity index (χ0v) is 10.2. The molecule has 0 saturated carbocycles. The zero-order chi connectivity index (χ0) is 12.1. The molecular formula is C16H17N. The van der Waals surface area contributed by atoms with Gasteiger partial charge in [0.15, 0.2) is 0 Å². The molecule has 1 heteroatoms. The van der Waals surface area contributed by atoms with Gasteiger partial charge in [-0.2, -0.15) is 5.26 Å². The number of benzene rings is 2. The molecule has 0 amide bonds. The average Bonchev–Trinajstić information content (AvgIpc) is 2.37. The van der Waals surface area contributed by atoms with Crippen molar-refractivity contribution in [3.8, 4) is 6.07 Å². The Morgan fingerprint density at radius 2 is 1.88 bits per heavy atom. The quantitative estimate of drug-likeness (QED) is 0.757. The second kappa shape index (κ2) is 5.50. The van der Waals surface area contributed by atoms with Crippen LogP contribution in [0.15, 0.2) is 42.5 Å². The van der Waals surface area contributed by atoms with Crippen LogP contribution in [0, 0.1) is 17.2 Å². The van der Waals surface area contributed by atoms with Crippen molar-refractivity contribution in [2.75, 3.05) is 0 Å². The molecule has 0 radical (unpaired) electrons. The van der Waals surface area contributed by atoms with Crippen molar-refractivity contribution >= 4 is 10.8 Å². The Morgan fingerprint density at radius 3 is 2.71 bits per heavy atom. The van der Waals surface area contributed by atoms with Crippen LogP contribution in [-0.2, 0) is 6.42 Å². The molecule has 0 aliphatic carbocycles. The number of fused-ring (bicyclic) bond motifs is 1. The Hall–Kier alpha value is -1.81. The van der Waals surface area contributed by atoms with Crippen molar-refractivity contribution < 1.29 is 0 Å². The van der Waals surface area contributed by atoms with Crippen LogP contribution in [-0.4, -0.2) is 0 Å². The normalized spacial score (nSPS) is 12.2. The fraction of sp³-hybridized carbons (Fsp3) is 0.312. The van der Waals surface area contributed by atoms with Crippen LogP contribution in [0.3, 0.4) is 0 Å². The van der Waals surface area contributed by atoms with Gasteiger partial charge in [-0.05, 0) is 35.1 Å². The minimum atomic E-state index is 0.570. The van der Waals surface area contributed by atoms with E-state index in [1.165, 1.54) is 16.3 Å². The Morgan fingerprint density at radius 1 is 1.12 bits per heavy atom. The first-order chi connectivity index (χ1) is 8.31. The minimum Gasteiger partial charge on any atom is -0.198 e. The molecule has 17 heavy (non-hydrogen) atoms. The summed E-state index contributed by atoms with van der Waals surface area (Å²) in [5.74, 6) is 0.570. The van der Waals surface area contributed by atoms with Gasteiger partial charge in [0.05, 0.1) is 6.07 Å². The predicted molar refractivity (Wildman–Crippen MR) is 71.7 cm³/mol. The Labute approximate surface area is 103 Å². The van der Waals surface area contributed by atoms with E-state index in [-0.39, 0.29) is 0 Å². The minimum absolute atomic E-state index is 0.570. The molecular weight excluding hydrogens is 206 g/mol. The lowest BCUT2D eigenvalue weighted by atomic mass is 9.93. The van der Waals surface area contributed by atoms with Crippen molar-refractivity contribution in [1.29, 1.82) is 5.26 Å². The van der Waals surface area contributed by atoms with Crippen molar-refractivity contribution in [3.05, 3.63) is 48.0 Å². The summed E-state index contributed by atoms with van der Waals surface area (Å²) in [5.41, 5.74) is 1.40. The number of nitrogens with zero attached hydrogens (tertiary/aromatic N) is 1. The second-order valence-electron chi connectivity index (χ2n) is 4.64. The predicted octanol–water partition coefficient (Wildman–Crippen LogP) is 4.32. The molecule has 0 N–H and O–H groups in total. The van der Waals surface area contributed by atoms with Gasteiger partial charge in [-0.1, -0.05) is 49.4 Å². The molecule has 1 unspecified atom stereocenters. The van der Waals surface area contributed by atoms with Gasteiger partial charge in [0.2, 0.25) is 0 Å². The van der Waals surface area contributed by atoms with Gasteiger partial charge in [-0.3, -0.25) is 0 Å². The molecule has 1 nitrogen and oxygen atoms in total. The van der Waals surface area contributed by atoms with Gasteiger partial charge in [-0.15, -0.1) is 0 Å². The van der Waals surface area contributed by atoms with Gasteiger partial charge in [-0.25, -0.2) is 0 Å². The summed E-state index contributed by atoms with van der Waals surface area (Å²) in [6.45, 7) is 2.22. The molecule has 1 atom stereocenters. The fourth-order valence-electron chi connectivity index (χ4n) is 2.26. The van der Waals surface area contributed by atoms with Crippen LogP contribution < -0.4 is 0 Å². The number of rotatable bonds is 4. The summed E-state index contributed by atoms with van der Waals surface area (Å²) >= 11 is 0. The lowest BCUT2D eigenvalue weighted by molar-refractivity contribution is 0.540. The second-order valence-corrected chi connectivity index (χ2v) is 4.64. The van der Waals surface area contributed by atoms with Crippen LogP contribution >= 0.6 is 0 Å². The van der Waals surface area contributed by atoms with E-state index in [9.17, 15) is 0 Å². The van der Waals surface area contributed by atoms with Crippen LogP contribution in [0.4, 0.5) is 0 Å². The lowest BCUT2D eigenvalue weighted by Crippen LogP contribution is -2.00. The van der Waals surface area contributed by atoms with Crippen molar-refractivity contribution in [1.82, 2.24) is 0 Å². The third-order valence-electron chi connectivity index (χ3n) is 3.20. The van der Waals surface area contributed by atoms with Gasteiger partial charge >= 0.3 is 0 Å². The molecule has 0 fully saturated rings. The highest BCUT2D eigenvalue weighted by Gasteiger charge is 2.06. The third-order valence-corrected chi connectivity index (χ3v) is 3.20. The molecule has 0 spiro atoms. The SMILES string of the molecule is CC(CCC#N)Cc1cccc2ccccc12. The van der Waals surface area contributed by atoms with Crippen molar-refractivity contribution in [3.63, 3.8) is 0 Å². The standard InChI is InChI=1S/C16H17N/c1-13(6-5-11-17)12-15-9-4-8-14-7-2-3-10-16(14)15/h2-4,7-10,13H,5-6,12H2,1H3. The Balaban J connectivity index is 2.21. The van der Waals surface area contributed by atoms with E-state index >= 15 is 0 Å². The van der Waals surface area contributed by atoms with Crippen LogP contribution in [0.25, 0.3) is 10.8 Å². The molecule has 0 aliphatic heterocycles. The van der Waals surface area contributed by atoms with Gasteiger partial charge < -0.3 is 0 Å². The summed E-state index contributed by atoms with van der Waals surface area (Å²) in [4.78, 5) is 0. The van der Waals surface area contributed by atoms with Crippen molar-refractivity contribution in [2.24, 2.45) is 5.92 Å². The molecule has 2 aromatic rings. The van der Waals surface area contributed by atoms with E-state index < -0.39 is 0 Å². The highest BCUT2D eigenvalue weighted by Crippen LogP contribution is 2.22. The molecule has 0 aromatic heterocycles. The fourth-order valence-corrected chi connectivity index (χ4v) is 2.26. The number of hydrogen-bond donors (Lipinski definition) is 0.